The van der Waals surface area contributed by atoms with Crippen LogP contribution >= 0.6 is 0 Å². The maximum Gasteiger partial charge on any atom is 0.169 e. The number of benzene rings is 1. The third-order valence-electron chi connectivity index (χ3n) is 6.93. The van der Waals surface area contributed by atoms with Gasteiger partial charge in [0, 0.05) is 52.4 Å². The number of rotatable bonds is 7. The van der Waals surface area contributed by atoms with Gasteiger partial charge in [-0.1, -0.05) is 30.7 Å². The summed E-state index contributed by atoms with van der Waals surface area (Å²) in [7, 11) is 0. The minimum Gasteiger partial charge on any atom is -0.355 e. The number of hydrogen-bond acceptors (Lipinski definition) is 6. The van der Waals surface area contributed by atoms with Crippen molar-refractivity contribution in [2.45, 2.75) is 38.6 Å². The van der Waals surface area contributed by atoms with Crippen LogP contribution in [0, 0.1) is 22.7 Å². The molecule has 0 aliphatic carbocycles. The van der Waals surface area contributed by atoms with Crippen molar-refractivity contribution in [3.05, 3.63) is 46.8 Å². The average molecular weight is 419 g/mol. The van der Waals surface area contributed by atoms with Crippen LogP contribution in [-0.2, 0) is 13.0 Å². The lowest BCUT2D eigenvalue weighted by Gasteiger charge is -2.31. The van der Waals surface area contributed by atoms with E-state index in [-0.39, 0.29) is 5.57 Å². The van der Waals surface area contributed by atoms with E-state index in [4.69, 9.17) is 0 Å². The van der Waals surface area contributed by atoms with Crippen LogP contribution in [0.25, 0.3) is 0 Å². The Bertz CT molecular complexity index is 841. The van der Waals surface area contributed by atoms with Gasteiger partial charge in [-0.15, -0.1) is 0 Å². The lowest BCUT2D eigenvalue weighted by atomic mass is 10.00. The van der Waals surface area contributed by atoms with Crippen LogP contribution < -0.4 is 0 Å². The Morgan fingerprint density at radius 1 is 0.742 bits per heavy atom. The first-order valence-corrected chi connectivity index (χ1v) is 11.8. The first-order chi connectivity index (χ1) is 15.3. The highest BCUT2D eigenvalue weighted by Crippen LogP contribution is 2.23. The lowest BCUT2D eigenvalue weighted by molar-refractivity contribution is 0.200. The van der Waals surface area contributed by atoms with Crippen LogP contribution in [0.1, 0.15) is 36.8 Å². The topological polar surface area (TPSA) is 60.5 Å². The second kappa shape index (κ2) is 10.7. The molecule has 1 aromatic rings. The Kier molecular flexibility index (Phi) is 7.46. The number of nitriles is 2. The van der Waals surface area contributed by atoms with Crippen molar-refractivity contribution in [1.82, 2.24) is 19.6 Å². The summed E-state index contributed by atoms with van der Waals surface area (Å²) in [4.78, 5) is 9.60. The summed E-state index contributed by atoms with van der Waals surface area (Å²) in [6, 6.07) is 13.1. The Hall–Kier alpha value is -2.54. The van der Waals surface area contributed by atoms with Crippen molar-refractivity contribution < 1.29 is 0 Å². The van der Waals surface area contributed by atoms with Gasteiger partial charge in [0.15, 0.2) is 5.57 Å². The summed E-state index contributed by atoms with van der Waals surface area (Å²) >= 11 is 0. The molecule has 2 saturated heterocycles. The van der Waals surface area contributed by atoms with Crippen LogP contribution in [-0.4, -0.2) is 78.5 Å². The number of fused-ring (bicyclic) bond motifs is 1. The molecule has 4 rings (SSSR count). The molecular formula is C25H34N6. The third-order valence-corrected chi connectivity index (χ3v) is 6.93. The summed E-state index contributed by atoms with van der Waals surface area (Å²) in [5.41, 5.74) is 3.21. The number of likely N-dealkylation sites (tertiary alicyclic amines) is 1. The zero-order valence-electron chi connectivity index (χ0n) is 18.6. The highest BCUT2D eigenvalue weighted by molar-refractivity contribution is 5.40. The summed E-state index contributed by atoms with van der Waals surface area (Å²) in [6.07, 6.45) is 6.10. The van der Waals surface area contributed by atoms with E-state index >= 15 is 0 Å². The Balaban J connectivity index is 1.31. The fourth-order valence-electron chi connectivity index (χ4n) is 5.21. The molecule has 1 aromatic carbocycles. The zero-order valence-corrected chi connectivity index (χ0v) is 18.6. The van der Waals surface area contributed by atoms with Gasteiger partial charge in [-0.25, -0.2) is 0 Å². The molecule has 6 heteroatoms. The van der Waals surface area contributed by atoms with Gasteiger partial charge in [0.05, 0.1) is 0 Å². The van der Waals surface area contributed by atoms with Gasteiger partial charge >= 0.3 is 0 Å². The molecule has 3 aliphatic rings. The van der Waals surface area contributed by atoms with Gasteiger partial charge in [-0.2, -0.15) is 10.5 Å². The largest absolute Gasteiger partial charge is 0.355 e. The molecule has 31 heavy (non-hydrogen) atoms. The molecule has 6 nitrogen and oxygen atoms in total. The minimum atomic E-state index is 0.267. The highest BCUT2D eigenvalue weighted by atomic mass is 15.4. The molecule has 0 radical (unpaired) electrons. The van der Waals surface area contributed by atoms with Crippen molar-refractivity contribution in [3.63, 3.8) is 0 Å². The Morgan fingerprint density at radius 3 is 2.19 bits per heavy atom. The molecule has 3 aliphatic heterocycles. The third kappa shape index (κ3) is 5.39. The van der Waals surface area contributed by atoms with E-state index in [2.05, 4.69) is 56.0 Å². The summed E-state index contributed by atoms with van der Waals surface area (Å²) in [5, 5.41) is 19.1. The predicted octanol–water partition coefficient (Wildman–Crippen LogP) is 2.80. The molecule has 0 N–H and O–H groups in total. The zero-order chi connectivity index (χ0) is 21.5. The normalized spacial score (nSPS) is 19.7. The van der Waals surface area contributed by atoms with Crippen molar-refractivity contribution >= 4 is 0 Å². The van der Waals surface area contributed by atoms with Gasteiger partial charge < -0.3 is 14.7 Å². The van der Waals surface area contributed by atoms with E-state index in [0.29, 0.717) is 0 Å². The second-order valence-electron chi connectivity index (χ2n) is 8.95. The predicted molar refractivity (Wildman–Crippen MR) is 122 cm³/mol. The molecule has 3 heterocycles. The van der Waals surface area contributed by atoms with Gasteiger partial charge in [0.25, 0.3) is 0 Å². The molecule has 0 atom stereocenters. The van der Waals surface area contributed by atoms with E-state index in [1.54, 1.807) is 0 Å². The van der Waals surface area contributed by atoms with Gasteiger partial charge in [0.1, 0.15) is 18.0 Å². The van der Waals surface area contributed by atoms with Crippen LogP contribution in [0.2, 0.25) is 0 Å². The van der Waals surface area contributed by atoms with E-state index in [1.165, 1.54) is 43.5 Å². The first kappa shape index (κ1) is 21.7. The van der Waals surface area contributed by atoms with E-state index in [9.17, 15) is 10.5 Å². The molecule has 0 saturated carbocycles. The number of allylic oxidation sites excluding steroid dienone is 1. The molecule has 0 amide bonds. The van der Waals surface area contributed by atoms with Gasteiger partial charge in [-0.05, 0) is 49.9 Å². The fourth-order valence-corrected chi connectivity index (χ4v) is 5.21. The number of piperidine rings is 1. The van der Waals surface area contributed by atoms with Crippen LogP contribution in [0.3, 0.4) is 0 Å². The molecule has 0 unspecified atom stereocenters. The summed E-state index contributed by atoms with van der Waals surface area (Å²) < 4.78 is 0. The van der Waals surface area contributed by atoms with Gasteiger partial charge in [0.2, 0.25) is 0 Å². The van der Waals surface area contributed by atoms with Crippen LogP contribution in [0.5, 0.6) is 0 Å². The van der Waals surface area contributed by atoms with Crippen LogP contribution in [0.15, 0.2) is 35.7 Å². The van der Waals surface area contributed by atoms with E-state index in [0.717, 1.165) is 71.0 Å². The highest BCUT2D eigenvalue weighted by Gasteiger charge is 2.28. The molecule has 2 fully saturated rings. The van der Waals surface area contributed by atoms with Crippen molar-refractivity contribution in [1.29, 1.82) is 10.5 Å². The van der Waals surface area contributed by atoms with Crippen LogP contribution in [0.4, 0.5) is 0 Å². The standard InChI is InChI=1S/C25H34N6/c26-19-24(20-27)25-30(17-18-31(25)16-15-28-10-4-1-5-11-28)13-6-12-29-14-9-22-7-2-3-8-23(22)21-29/h2-3,7-8H,1,4-6,9-18,21H2. The Labute approximate surface area is 186 Å². The molecule has 0 aromatic heterocycles. The maximum absolute atomic E-state index is 9.56. The lowest BCUT2D eigenvalue weighted by Crippen LogP contribution is -2.37. The SMILES string of the molecule is N#CC(C#N)=C1N(CCCN2CCc3ccccc3C2)CCN1CCN1CCCCC1. The number of nitrogens with zero attached hydrogens (tertiary/aromatic N) is 6. The van der Waals surface area contributed by atoms with Gasteiger partial charge in [-0.3, -0.25) is 4.90 Å². The molecule has 164 valence electrons. The summed E-state index contributed by atoms with van der Waals surface area (Å²) in [5.74, 6) is 0.867. The average Bonchev–Trinajstić information content (AvgIpc) is 3.22. The summed E-state index contributed by atoms with van der Waals surface area (Å²) in [6.45, 7) is 10.2. The van der Waals surface area contributed by atoms with Crippen molar-refractivity contribution in [2.75, 3.05) is 58.9 Å². The van der Waals surface area contributed by atoms with E-state index < -0.39 is 0 Å². The van der Waals surface area contributed by atoms with E-state index in [1.807, 2.05) is 0 Å². The van der Waals surface area contributed by atoms with Crippen molar-refractivity contribution in [2.24, 2.45) is 0 Å². The second-order valence-corrected chi connectivity index (χ2v) is 8.95. The van der Waals surface area contributed by atoms with Crippen molar-refractivity contribution in [3.8, 4) is 12.1 Å². The monoisotopic (exact) mass is 418 g/mol. The first-order valence-electron chi connectivity index (χ1n) is 11.8. The Morgan fingerprint density at radius 2 is 1.45 bits per heavy atom. The fraction of sp³-hybridized carbons (Fsp3) is 0.600. The number of hydrogen-bond donors (Lipinski definition) is 0. The molecular weight excluding hydrogens is 384 g/mol. The molecule has 0 spiro atoms. The maximum atomic E-state index is 9.56. The molecule has 0 bridgehead atoms. The quantitative estimate of drug-likeness (QED) is 0.635. The smallest absolute Gasteiger partial charge is 0.169 e. The minimum absolute atomic E-state index is 0.267.